The molecule has 2 unspecified atom stereocenters. The molecule has 3 heteroatoms. The van der Waals surface area contributed by atoms with Crippen molar-refractivity contribution < 1.29 is 9.50 Å². The Bertz CT molecular complexity index is 490. The first-order valence-corrected chi connectivity index (χ1v) is 7.77. The first-order valence-electron chi connectivity index (χ1n) is 7.77. The van der Waals surface area contributed by atoms with E-state index in [0.717, 1.165) is 44.5 Å². The van der Waals surface area contributed by atoms with Crippen molar-refractivity contribution in [1.29, 1.82) is 0 Å². The van der Waals surface area contributed by atoms with Gasteiger partial charge in [0.2, 0.25) is 0 Å². The Hall–Kier alpha value is -0.930. The van der Waals surface area contributed by atoms with Gasteiger partial charge >= 0.3 is 0 Å². The molecule has 1 aromatic carbocycles. The fourth-order valence-corrected chi connectivity index (χ4v) is 3.86. The number of halogens is 1. The van der Waals surface area contributed by atoms with E-state index in [9.17, 15) is 9.50 Å². The van der Waals surface area contributed by atoms with E-state index in [1.165, 1.54) is 18.4 Å². The van der Waals surface area contributed by atoms with Crippen molar-refractivity contribution in [2.45, 2.75) is 51.2 Å². The van der Waals surface area contributed by atoms with Crippen molar-refractivity contribution in [2.75, 3.05) is 13.1 Å². The number of likely N-dealkylation sites (tertiary alicyclic amines) is 1. The summed E-state index contributed by atoms with van der Waals surface area (Å²) in [5.41, 5.74) is 1.81. The summed E-state index contributed by atoms with van der Waals surface area (Å²) in [6, 6.07) is 5.05. The highest BCUT2D eigenvalue weighted by atomic mass is 19.1. The molecule has 1 aromatic rings. The molecule has 1 saturated heterocycles. The van der Waals surface area contributed by atoms with E-state index >= 15 is 0 Å². The average molecular weight is 277 g/mol. The van der Waals surface area contributed by atoms with Gasteiger partial charge in [-0.25, -0.2) is 4.39 Å². The average Bonchev–Trinajstić information content (AvgIpc) is 2.42. The van der Waals surface area contributed by atoms with Crippen LogP contribution in [-0.2, 0) is 6.54 Å². The molecule has 2 aliphatic rings. The largest absolute Gasteiger partial charge is 0.390 e. The maximum absolute atomic E-state index is 13.2. The maximum atomic E-state index is 13.2. The predicted molar refractivity (Wildman–Crippen MR) is 77.9 cm³/mol. The second kappa shape index (κ2) is 5.45. The van der Waals surface area contributed by atoms with Crippen molar-refractivity contribution >= 4 is 0 Å². The summed E-state index contributed by atoms with van der Waals surface area (Å²) in [7, 11) is 0. The molecule has 1 aliphatic carbocycles. The van der Waals surface area contributed by atoms with Gasteiger partial charge in [-0.3, -0.25) is 4.90 Å². The fourth-order valence-electron chi connectivity index (χ4n) is 3.86. The molecule has 2 atom stereocenters. The van der Waals surface area contributed by atoms with Gasteiger partial charge < -0.3 is 5.11 Å². The number of fused-ring (bicyclic) bond motifs is 1. The Kier molecular flexibility index (Phi) is 3.83. The molecule has 0 amide bonds. The van der Waals surface area contributed by atoms with Crippen molar-refractivity contribution in [3.63, 3.8) is 0 Å². The number of aryl methyl sites for hydroxylation is 1. The zero-order valence-electron chi connectivity index (χ0n) is 12.2. The van der Waals surface area contributed by atoms with Crippen LogP contribution in [0.1, 0.15) is 43.2 Å². The van der Waals surface area contributed by atoms with Crippen LogP contribution in [0.15, 0.2) is 18.2 Å². The van der Waals surface area contributed by atoms with Crippen LogP contribution in [0.5, 0.6) is 0 Å². The third-order valence-corrected chi connectivity index (χ3v) is 5.21. The molecule has 3 rings (SSSR count). The van der Waals surface area contributed by atoms with E-state index < -0.39 is 5.60 Å². The van der Waals surface area contributed by atoms with E-state index in [4.69, 9.17) is 0 Å². The molecule has 1 aliphatic heterocycles. The molecule has 0 spiro atoms. The van der Waals surface area contributed by atoms with Crippen LogP contribution >= 0.6 is 0 Å². The molecule has 1 heterocycles. The number of benzene rings is 1. The normalized spacial score (nSPS) is 31.1. The highest BCUT2D eigenvalue weighted by Crippen LogP contribution is 2.40. The number of hydrogen-bond donors (Lipinski definition) is 1. The van der Waals surface area contributed by atoms with Crippen LogP contribution in [-0.4, -0.2) is 28.7 Å². The van der Waals surface area contributed by atoms with Crippen LogP contribution in [0.3, 0.4) is 0 Å². The third kappa shape index (κ3) is 2.75. The van der Waals surface area contributed by atoms with E-state index in [0.29, 0.717) is 5.92 Å². The molecular weight excluding hydrogens is 253 g/mol. The fraction of sp³-hybridized carbons (Fsp3) is 0.647. The van der Waals surface area contributed by atoms with Crippen LogP contribution in [0.25, 0.3) is 0 Å². The Morgan fingerprint density at radius 1 is 1.35 bits per heavy atom. The summed E-state index contributed by atoms with van der Waals surface area (Å²) in [4.78, 5) is 2.42. The molecule has 0 radical (unpaired) electrons. The highest BCUT2D eigenvalue weighted by molar-refractivity contribution is 5.26. The van der Waals surface area contributed by atoms with Crippen molar-refractivity contribution in [3.8, 4) is 0 Å². The third-order valence-electron chi connectivity index (χ3n) is 5.21. The summed E-state index contributed by atoms with van der Waals surface area (Å²) in [6.07, 6.45) is 5.43. The number of rotatable bonds is 2. The van der Waals surface area contributed by atoms with Crippen LogP contribution < -0.4 is 0 Å². The van der Waals surface area contributed by atoms with Gasteiger partial charge in [0.25, 0.3) is 0 Å². The molecule has 1 saturated carbocycles. The van der Waals surface area contributed by atoms with Gasteiger partial charge in [-0.1, -0.05) is 18.9 Å². The Morgan fingerprint density at radius 3 is 3.00 bits per heavy atom. The molecule has 2 fully saturated rings. The van der Waals surface area contributed by atoms with Gasteiger partial charge in [0.05, 0.1) is 5.60 Å². The zero-order valence-corrected chi connectivity index (χ0v) is 12.2. The molecular formula is C17H24FNO. The second-order valence-corrected chi connectivity index (χ2v) is 6.60. The lowest BCUT2D eigenvalue weighted by molar-refractivity contribution is -0.0968. The molecule has 20 heavy (non-hydrogen) atoms. The Morgan fingerprint density at radius 2 is 2.20 bits per heavy atom. The number of piperidine rings is 1. The van der Waals surface area contributed by atoms with E-state index in [2.05, 4.69) is 4.90 Å². The van der Waals surface area contributed by atoms with Crippen LogP contribution in [0.2, 0.25) is 0 Å². The number of hydrogen-bond acceptors (Lipinski definition) is 2. The molecule has 110 valence electrons. The second-order valence-electron chi connectivity index (χ2n) is 6.60. The Labute approximate surface area is 120 Å². The SMILES string of the molecule is Cc1cc(F)ccc1CN1CCC2(O)CCCCC2C1. The monoisotopic (exact) mass is 277 g/mol. The van der Waals surface area contributed by atoms with Gasteiger partial charge in [-0.15, -0.1) is 0 Å². The minimum Gasteiger partial charge on any atom is -0.390 e. The Balaban J connectivity index is 1.67. The van der Waals surface area contributed by atoms with Crippen molar-refractivity contribution in [1.82, 2.24) is 4.90 Å². The van der Waals surface area contributed by atoms with Crippen LogP contribution in [0.4, 0.5) is 4.39 Å². The summed E-state index contributed by atoms with van der Waals surface area (Å²) in [6.45, 7) is 4.77. The van der Waals surface area contributed by atoms with E-state index in [-0.39, 0.29) is 5.82 Å². The lowest BCUT2D eigenvalue weighted by Crippen LogP contribution is -2.52. The van der Waals surface area contributed by atoms with Gasteiger partial charge in [-0.2, -0.15) is 0 Å². The minimum atomic E-state index is -0.410. The predicted octanol–water partition coefficient (Wildman–Crippen LogP) is 3.26. The van der Waals surface area contributed by atoms with Crippen LogP contribution in [0, 0.1) is 18.7 Å². The van der Waals surface area contributed by atoms with Crippen molar-refractivity contribution in [2.24, 2.45) is 5.92 Å². The zero-order chi connectivity index (χ0) is 14.2. The summed E-state index contributed by atoms with van der Waals surface area (Å²) in [5, 5.41) is 10.7. The first kappa shape index (κ1) is 14.0. The minimum absolute atomic E-state index is 0.161. The maximum Gasteiger partial charge on any atom is 0.123 e. The first-order chi connectivity index (χ1) is 9.57. The number of aliphatic hydroxyl groups is 1. The van der Waals surface area contributed by atoms with Gasteiger partial charge in [0, 0.05) is 25.6 Å². The highest BCUT2D eigenvalue weighted by Gasteiger charge is 2.42. The smallest absolute Gasteiger partial charge is 0.123 e. The van der Waals surface area contributed by atoms with E-state index in [1.54, 1.807) is 12.1 Å². The summed E-state index contributed by atoms with van der Waals surface area (Å²) < 4.78 is 13.2. The van der Waals surface area contributed by atoms with E-state index in [1.807, 2.05) is 13.0 Å². The summed E-state index contributed by atoms with van der Waals surface area (Å²) >= 11 is 0. The van der Waals surface area contributed by atoms with Gasteiger partial charge in [0.15, 0.2) is 0 Å². The van der Waals surface area contributed by atoms with Crippen molar-refractivity contribution in [3.05, 3.63) is 35.1 Å². The van der Waals surface area contributed by atoms with Gasteiger partial charge in [-0.05, 0) is 49.4 Å². The van der Waals surface area contributed by atoms with Gasteiger partial charge in [0.1, 0.15) is 5.82 Å². The molecule has 0 aromatic heterocycles. The molecule has 2 nitrogen and oxygen atoms in total. The number of nitrogens with zero attached hydrogens (tertiary/aromatic N) is 1. The molecule has 0 bridgehead atoms. The lowest BCUT2D eigenvalue weighted by atomic mass is 9.71. The lowest BCUT2D eigenvalue weighted by Gasteiger charge is -2.47. The molecule has 1 N–H and O–H groups in total. The quantitative estimate of drug-likeness (QED) is 0.897. The standard InChI is InChI=1S/C17H24FNO/c1-13-10-16(18)6-5-14(13)11-19-9-8-17(20)7-3-2-4-15(17)12-19/h5-6,10,15,20H,2-4,7-9,11-12H2,1H3. The topological polar surface area (TPSA) is 23.5 Å². The summed E-state index contributed by atoms with van der Waals surface area (Å²) in [5.74, 6) is 0.261.